The largest absolute Gasteiger partial charge is 0.468 e. The number of furan rings is 1. The van der Waals surface area contributed by atoms with E-state index in [2.05, 4.69) is 15.3 Å². The predicted octanol–water partition coefficient (Wildman–Crippen LogP) is 1.48. The zero-order valence-corrected chi connectivity index (χ0v) is 9.14. The molecule has 0 aliphatic heterocycles. The molecular formula is C11H15N3O2. The molecule has 0 spiro atoms. The van der Waals surface area contributed by atoms with Crippen molar-refractivity contribution in [1.82, 2.24) is 15.3 Å². The molecule has 0 aliphatic carbocycles. The minimum absolute atomic E-state index is 0.0464. The first-order valence-electron chi connectivity index (χ1n) is 5.14. The van der Waals surface area contributed by atoms with Crippen molar-refractivity contribution in [3.8, 4) is 0 Å². The quantitative estimate of drug-likeness (QED) is 0.775. The lowest BCUT2D eigenvalue weighted by atomic mass is 10.2. The Balaban J connectivity index is 1.93. The maximum Gasteiger partial charge on any atom is 0.123 e. The Kier molecular flexibility index (Phi) is 3.74. The number of nitrogens with one attached hydrogen (secondary N) is 2. The summed E-state index contributed by atoms with van der Waals surface area (Å²) in [5.41, 5.74) is 0. The first kappa shape index (κ1) is 10.9. The third kappa shape index (κ3) is 2.71. The maximum atomic E-state index is 5.34. The van der Waals surface area contributed by atoms with Crippen molar-refractivity contribution < 1.29 is 9.15 Å². The molecule has 0 aromatic carbocycles. The van der Waals surface area contributed by atoms with Gasteiger partial charge in [0.05, 0.1) is 25.5 Å². The summed E-state index contributed by atoms with van der Waals surface area (Å²) in [6.45, 7) is 1.22. The Morgan fingerprint density at radius 2 is 2.56 bits per heavy atom. The van der Waals surface area contributed by atoms with Crippen molar-refractivity contribution in [2.24, 2.45) is 0 Å². The van der Waals surface area contributed by atoms with Gasteiger partial charge in [-0.3, -0.25) is 5.32 Å². The molecule has 0 amide bonds. The topological polar surface area (TPSA) is 63.1 Å². The molecule has 86 valence electrons. The molecule has 2 aromatic rings. The van der Waals surface area contributed by atoms with E-state index in [4.69, 9.17) is 9.15 Å². The van der Waals surface area contributed by atoms with Crippen molar-refractivity contribution in [2.75, 3.05) is 13.7 Å². The van der Waals surface area contributed by atoms with Gasteiger partial charge in [0.25, 0.3) is 0 Å². The summed E-state index contributed by atoms with van der Waals surface area (Å²) >= 11 is 0. The predicted molar refractivity (Wildman–Crippen MR) is 58.8 cm³/mol. The van der Waals surface area contributed by atoms with Gasteiger partial charge in [0.1, 0.15) is 11.6 Å². The van der Waals surface area contributed by atoms with Gasteiger partial charge in [-0.2, -0.15) is 0 Å². The lowest BCUT2D eigenvalue weighted by Gasteiger charge is -2.14. The highest BCUT2D eigenvalue weighted by Crippen LogP contribution is 2.13. The molecule has 1 unspecified atom stereocenters. The molecule has 5 nitrogen and oxygen atoms in total. The van der Waals surface area contributed by atoms with Crippen molar-refractivity contribution >= 4 is 0 Å². The Morgan fingerprint density at radius 3 is 3.19 bits per heavy atom. The fourth-order valence-corrected chi connectivity index (χ4v) is 1.51. The summed E-state index contributed by atoms with van der Waals surface area (Å²) in [6, 6.07) is 3.84. The monoisotopic (exact) mass is 221 g/mol. The highest BCUT2D eigenvalue weighted by Gasteiger charge is 2.13. The smallest absolute Gasteiger partial charge is 0.123 e. The second-order valence-corrected chi connectivity index (χ2v) is 3.44. The third-order valence-electron chi connectivity index (χ3n) is 2.29. The zero-order chi connectivity index (χ0) is 11.2. The van der Waals surface area contributed by atoms with Crippen LogP contribution in [0.5, 0.6) is 0 Å². The average Bonchev–Trinajstić information content (AvgIpc) is 2.96. The number of nitrogens with zero attached hydrogens (tertiary/aromatic N) is 1. The van der Waals surface area contributed by atoms with Crippen LogP contribution < -0.4 is 5.32 Å². The number of aromatic nitrogens is 2. The van der Waals surface area contributed by atoms with Crippen LogP contribution in [0.4, 0.5) is 0 Å². The zero-order valence-electron chi connectivity index (χ0n) is 9.14. The normalized spacial score (nSPS) is 12.8. The van der Waals surface area contributed by atoms with E-state index < -0.39 is 0 Å². The van der Waals surface area contributed by atoms with Crippen molar-refractivity contribution in [3.05, 3.63) is 42.4 Å². The van der Waals surface area contributed by atoms with E-state index >= 15 is 0 Å². The molecule has 2 aromatic heterocycles. The van der Waals surface area contributed by atoms with E-state index in [1.54, 1.807) is 25.8 Å². The highest BCUT2D eigenvalue weighted by atomic mass is 16.5. The lowest BCUT2D eigenvalue weighted by Crippen LogP contribution is -2.24. The van der Waals surface area contributed by atoms with Gasteiger partial charge in [-0.1, -0.05) is 0 Å². The maximum absolute atomic E-state index is 5.34. The van der Waals surface area contributed by atoms with Crippen molar-refractivity contribution in [3.63, 3.8) is 0 Å². The lowest BCUT2D eigenvalue weighted by molar-refractivity contribution is 0.156. The second-order valence-electron chi connectivity index (χ2n) is 3.44. The number of aromatic amines is 1. The van der Waals surface area contributed by atoms with E-state index in [-0.39, 0.29) is 6.04 Å². The Morgan fingerprint density at radius 1 is 1.62 bits per heavy atom. The molecule has 0 bridgehead atoms. The summed E-state index contributed by atoms with van der Waals surface area (Å²) in [5, 5.41) is 3.31. The SMILES string of the molecule is COCC(NCc1ncc[nH]1)c1ccco1. The molecule has 2 N–H and O–H groups in total. The van der Waals surface area contributed by atoms with Crippen LogP contribution in [0.25, 0.3) is 0 Å². The minimum Gasteiger partial charge on any atom is -0.468 e. The molecule has 0 radical (unpaired) electrons. The highest BCUT2D eigenvalue weighted by molar-refractivity contribution is 5.04. The van der Waals surface area contributed by atoms with Gasteiger partial charge in [0.15, 0.2) is 0 Å². The number of methoxy groups -OCH3 is 1. The van der Waals surface area contributed by atoms with Crippen molar-refractivity contribution in [2.45, 2.75) is 12.6 Å². The van der Waals surface area contributed by atoms with Crippen LogP contribution in [0, 0.1) is 0 Å². The summed E-state index contributed by atoms with van der Waals surface area (Å²) in [5.74, 6) is 1.76. The average molecular weight is 221 g/mol. The van der Waals surface area contributed by atoms with Crippen LogP contribution in [0.2, 0.25) is 0 Å². The standard InChI is InChI=1S/C11H15N3O2/c1-15-8-9(10-3-2-6-16-10)14-7-11-12-4-5-13-11/h2-6,9,14H,7-8H2,1H3,(H,12,13). The fraction of sp³-hybridized carbons (Fsp3) is 0.364. The number of H-pyrrole nitrogens is 1. The van der Waals surface area contributed by atoms with Gasteiger partial charge in [-0.05, 0) is 12.1 Å². The van der Waals surface area contributed by atoms with Crippen LogP contribution in [-0.4, -0.2) is 23.7 Å². The number of ether oxygens (including phenoxy) is 1. The first-order chi connectivity index (χ1) is 7.90. The van der Waals surface area contributed by atoms with Gasteiger partial charge in [-0.15, -0.1) is 0 Å². The molecule has 1 atom stereocenters. The van der Waals surface area contributed by atoms with Gasteiger partial charge in [0, 0.05) is 19.5 Å². The van der Waals surface area contributed by atoms with Gasteiger partial charge >= 0.3 is 0 Å². The molecule has 0 fully saturated rings. The van der Waals surface area contributed by atoms with Crippen LogP contribution in [0.15, 0.2) is 35.2 Å². The van der Waals surface area contributed by atoms with Crippen LogP contribution in [0.1, 0.15) is 17.6 Å². The summed E-state index contributed by atoms with van der Waals surface area (Å²) in [7, 11) is 1.67. The van der Waals surface area contributed by atoms with Crippen LogP contribution >= 0.6 is 0 Å². The van der Waals surface area contributed by atoms with E-state index in [0.717, 1.165) is 11.6 Å². The number of hydrogen-bond donors (Lipinski definition) is 2. The van der Waals surface area contributed by atoms with Gasteiger partial charge in [-0.25, -0.2) is 4.98 Å². The van der Waals surface area contributed by atoms with Crippen molar-refractivity contribution in [1.29, 1.82) is 0 Å². The Hall–Kier alpha value is -1.59. The van der Waals surface area contributed by atoms with Crippen LogP contribution in [0.3, 0.4) is 0 Å². The first-order valence-corrected chi connectivity index (χ1v) is 5.14. The van der Waals surface area contributed by atoms with Gasteiger partial charge in [0.2, 0.25) is 0 Å². The van der Waals surface area contributed by atoms with E-state index in [1.165, 1.54) is 0 Å². The Labute approximate surface area is 93.8 Å². The second kappa shape index (κ2) is 5.48. The number of rotatable bonds is 6. The number of hydrogen-bond acceptors (Lipinski definition) is 4. The van der Waals surface area contributed by atoms with Gasteiger partial charge < -0.3 is 14.1 Å². The summed E-state index contributed by atoms with van der Waals surface area (Å²) < 4.78 is 10.5. The summed E-state index contributed by atoms with van der Waals surface area (Å²) in [4.78, 5) is 7.18. The Bertz CT molecular complexity index is 383. The molecule has 2 rings (SSSR count). The minimum atomic E-state index is 0.0464. The molecule has 5 heteroatoms. The van der Waals surface area contributed by atoms with E-state index in [0.29, 0.717) is 13.2 Å². The summed E-state index contributed by atoms with van der Waals surface area (Å²) in [6.07, 6.45) is 5.19. The van der Waals surface area contributed by atoms with E-state index in [9.17, 15) is 0 Å². The van der Waals surface area contributed by atoms with E-state index in [1.807, 2.05) is 12.1 Å². The molecular weight excluding hydrogens is 206 g/mol. The third-order valence-corrected chi connectivity index (χ3v) is 2.29. The molecule has 2 heterocycles. The number of imidazole rings is 1. The molecule has 0 saturated heterocycles. The molecule has 16 heavy (non-hydrogen) atoms. The molecule has 0 saturated carbocycles. The molecule has 0 aliphatic rings. The fourth-order valence-electron chi connectivity index (χ4n) is 1.51. The van der Waals surface area contributed by atoms with Crippen LogP contribution in [-0.2, 0) is 11.3 Å².